The van der Waals surface area contributed by atoms with Gasteiger partial charge in [0, 0.05) is 31.6 Å². The number of hydrogen-bond acceptors (Lipinski definition) is 4. The molecule has 1 heterocycles. The number of carbonyl (C=O) groups is 1. The van der Waals surface area contributed by atoms with Crippen molar-refractivity contribution in [3.8, 4) is 0 Å². The van der Waals surface area contributed by atoms with Crippen LogP contribution in [0, 0.1) is 5.92 Å². The van der Waals surface area contributed by atoms with Crippen molar-refractivity contribution in [1.82, 2.24) is 10.2 Å². The van der Waals surface area contributed by atoms with Crippen molar-refractivity contribution in [2.24, 2.45) is 5.92 Å². The highest BCUT2D eigenvalue weighted by Gasteiger charge is 2.29. The highest BCUT2D eigenvalue weighted by Crippen LogP contribution is 2.22. The van der Waals surface area contributed by atoms with Gasteiger partial charge in [-0.05, 0) is 39.2 Å². The lowest BCUT2D eigenvalue weighted by molar-refractivity contribution is -0.142. The number of piperidine rings is 1. The molecule has 0 amide bonds. The molecule has 4 heteroatoms. The Kier molecular flexibility index (Phi) is 6.65. The van der Waals surface area contributed by atoms with Gasteiger partial charge < -0.3 is 10.1 Å². The minimum Gasteiger partial charge on any atom is -0.469 e. The molecule has 0 saturated carbocycles. The molecular formula is C14H28N2O2. The largest absolute Gasteiger partial charge is 0.469 e. The molecule has 0 aromatic rings. The molecule has 0 aromatic carbocycles. The Hall–Kier alpha value is -0.610. The molecule has 1 N–H and O–H groups in total. The van der Waals surface area contributed by atoms with E-state index in [9.17, 15) is 4.79 Å². The number of rotatable bonds is 6. The van der Waals surface area contributed by atoms with Gasteiger partial charge in [-0.3, -0.25) is 9.69 Å². The molecule has 0 radical (unpaired) electrons. The van der Waals surface area contributed by atoms with Gasteiger partial charge in [0.25, 0.3) is 0 Å². The first-order valence-corrected chi connectivity index (χ1v) is 7.11. The number of esters is 1. The molecule has 106 valence electrons. The average Bonchev–Trinajstić information content (AvgIpc) is 2.35. The van der Waals surface area contributed by atoms with E-state index in [0.717, 1.165) is 32.5 Å². The summed E-state index contributed by atoms with van der Waals surface area (Å²) in [5, 5.41) is 3.58. The van der Waals surface area contributed by atoms with Crippen molar-refractivity contribution in [2.75, 3.05) is 26.7 Å². The van der Waals surface area contributed by atoms with E-state index in [4.69, 9.17) is 4.74 Å². The van der Waals surface area contributed by atoms with Crippen LogP contribution < -0.4 is 5.32 Å². The van der Waals surface area contributed by atoms with Gasteiger partial charge in [0.1, 0.15) is 0 Å². The second-order valence-corrected chi connectivity index (χ2v) is 5.58. The number of nitrogens with zero attached hydrogens (tertiary/aromatic N) is 1. The number of methoxy groups -OCH3 is 1. The van der Waals surface area contributed by atoms with Gasteiger partial charge >= 0.3 is 5.97 Å². The minimum atomic E-state index is -0.0835. The van der Waals surface area contributed by atoms with E-state index < -0.39 is 0 Å². The van der Waals surface area contributed by atoms with Gasteiger partial charge in [-0.25, -0.2) is 0 Å². The fraction of sp³-hybridized carbons (Fsp3) is 0.929. The number of hydrogen-bond donors (Lipinski definition) is 1. The van der Waals surface area contributed by atoms with Crippen LogP contribution in [0.2, 0.25) is 0 Å². The summed E-state index contributed by atoms with van der Waals surface area (Å²) < 4.78 is 4.79. The zero-order valence-corrected chi connectivity index (χ0v) is 12.2. The van der Waals surface area contributed by atoms with Crippen LogP contribution in [0.5, 0.6) is 0 Å². The maximum absolute atomic E-state index is 11.4. The average molecular weight is 256 g/mol. The van der Waals surface area contributed by atoms with Crippen molar-refractivity contribution < 1.29 is 9.53 Å². The summed E-state index contributed by atoms with van der Waals surface area (Å²) in [6, 6.07) is 1.05. The fourth-order valence-corrected chi connectivity index (χ4v) is 2.63. The molecule has 1 aliphatic rings. The second kappa shape index (κ2) is 7.74. The number of likely N-dealkylation sites (tertiary alicyclic amines) is 1. The maximum Gasteiger partial charge on any atom is 0.305 e. The quantitative estimate of drug-likeness (QED) is 0.734. The highest BCUT2D eigenvalue weighted by atomic mass is 16.5. The SMILES string of the molecule is CCCNC1CC(CC(=O)OC)CN(C(C)C)C1. The van der Waals surface area contributed by atoms with Crippen LogP contribution in [-0.2, 0) is 9.53 Å². The van der Waals surface area contributed by atoms with Gasteiger partial charge in [-0.15, -0.1) is 0 Å². The van der Waals surface area contributed by atoms with E-state index in [0.29, 0.717) is 24.4 Å². The van der Waals surface area contributed by atoms with Gasteiger partial charge in [0.15, 0.2) is 0 Å². The summed E-state index contributed by atoms with van der Waals surface area (Å²) in [6.07, 6.45) is 2.78. The van der Waals surface area contributed by atoms with Crippen LogP contribution in [-0.4, -0.2) is 49.7 Å². The standard InChI is InChI=1S/C14H28N2O2/c1-5-6-15-13-7-12(8-14(17)18-4)9-16(10-13)11(2)3/h11-13,15H,5-10H2,1-4H3. The van der Waals surface area contributed by atoms with Crippen molar-refractivity contribution in [3.63, 3.8) is 0 Å². The summed E-state index contributed by atoms with van der Waals surface area (Å²) in [5.74, 6) is 0.336. The molecule has 2 atom stereocenters. The van der Waals surface area contributed by atoms with Crippen molar-refractivity contribution in [2.45, 2.75) is 52.1 Å². The Bertz CT molecular complexity index is 256. The van der Waals surface area contributed by atoms with E-state index >= 15 is 0 Å². The topological polar surface area (TPSA) is 41.6 Å². The van der Waals surface area contributed by atoms with Gasteiger partial charge in [0.2, 0.25) is 0 Å². The number of carbonyl (C=O) groups excluding carboxylic acids is 1. The van der Waals surface area contributed by atoms with Crippen molar-refractivity contribution >= 4 is 5.97 Å². The lowest BCUT2D eigenvalue weighted by Gasteiger charge is -2.40. The zero-order chi connectivity index (χ0) is 13.5. The number of ether oxygens (including phenoxy) is 1. The minimum absolute atomic E-state index is 0.0835. The normalized spacial score (nSPS) is 25.4. The smallest absolute Gasteiger partial charge is 0.305 e. The van der Waals surface area contributed by atoms with Crippen molar-refractivity contribution in [3.05, 3.63) is 0 Å². The van der Waals surface area contributed by atoms with E-state index in [1.807, 2.05) is 0 Å². The molecule has 18 heavy (non-hydrogen) atoms. The fourth-order valence-electron chi connectivity index (χ4n) is 2.63. The molecular weight excluding hydrogens is 228 g/mol. The Labute approximate surface area is 111 Å². The summed E-state index contributed by atoms with van der Waals surface area (Å²) in [5.41, 5.74) is 0. The van der Waals surface area contributed by atoms with Crippen LogP contribution in [0.25, 0.3) is 0 Å². The molecule has 0 aromatic heterocycles. The van der Waals surface area contributed by atoms with E-state index in [1.54, 1.807) is 0 Å². The van der Waals surface area contributed by atoms with Crippen LogP contribution in [0.1, 0.15) is 40.0 Å². The van der Waals surface area contributed by atoms with Crippen molar-refractivity contribution in [1.29, 1.82) is 0 Å². The number of nitrogens with one attached hydrogen (secondary N) is 1. The Morgan fingerprint density at radius 2 is 2.17 bits per heavy atom. The first-order valence-electron chi connectivity index (χ1n) is 7.11. The third kappa shape index (κ3) is 4.94. The molecule has 1 aliphatic heterocycles. The highest BCUT2D eigenvalue weighted by molar-refractivity contribution is 5.69. The van der Waals surface area contributed by atoms with Crippen LogP contribution >= 0.6 is 0 Å². The van der Waals surface area contributed by atoms with Gasteiger partial charge in [0.05, 0.1) is 7.11 Å². The molecule has 0 bridgehead atoms. The Morgan fingerprint density at radius 1 is 1.44 bits per heavy atom. The second-order valence-electron chi connectivity index (χ2n) is 5.58. The Balaban J connectivity index is 2.53. The molecule has 0 aliphatic carbocycles. The lowest BCUT2D eigenvalue weighted by Crippen LogP contribution is -2.51. The molecule has 2 unspecified atom stereocenters. The first kappa shape index (κ1) is 15.4. The van der Waals surface area contributed by atoms with Gasteiger partial charge in [-0.2, -0.15) is 0 Å². The Morgan fingerprint density at radius 3 is 2.72 bits per heavy atom. The third-order valence-corrected chi connectivity index (χ3v) is 3.66. The van der Waals surface area contributed by atoms with Gasteiger partial charge in [-0.1, -0.05) is 6.92 Å². The molecule has 1 rings (SSSR count). The monoisotopic (exact) mass is 256 g/mol. The molecule has 4 nitrogen and oxygen atoms in total. The third-order valence-electron chi connectivity index (χ3n) is 3.66. The predicted octanol–water partition coefficient (Wildman–Crippen LogP) is 1.65. The van der Waals surface area contributed by atoms with Crippen LogP contribution in [0.15, 0.2) is 0 Å². The molecule has 1 fully saturated rings. The molecule has 1 saturated heterocycles. The maximum atomic E-state index is 11.4. The van der Waals surface area contributed by atoms with E-state index in [1.165, 1.54) is 7.11 Å². The molecule has 0 spiro atoms. The zero-order valence-electron chi connectivity index (χ0n) is 12.2. The summed E-state index contributed by atoms with van der Waals surface area (Å²) in [4.78, 5) is 13.9. The lowest BCUT2D eigenvalue weighted by atomic mass is 9.90. The van der Waals surface area contributed by atoms with Crippen LogP contribution in [0.3, 0.4) is 0 Å². The first-order chi connectivity index (χ1) is 8.56. The van der Waals surface area contributed by atoms with Crippen LogP contribution in [0.4, 0.5) is 0 Å². The van der Waals surface area contributed by atoms with E-state index in [2.05, 4.69) is 31.0 Å². The van der Waals surface area contributed by atoms with E-state index in [-0.39, 0.29) is 5.97 Å². The summed E-state index contributed by atoms with van der Waals surface area (Å²) >= 11 is 0. The summed E-state index contributed by atoms with van der Waals surface area (Å²) in [6.45, 7) is 9.78. The summed E-state index contributed by atoms with van der Waals surface area (Å²) in [7, 11) is 1.47. The predicted molar refractivity (Wildman–Crippen MR) is 73.5 cm³/mol.